The number of likely N-dealkylation sites (tertiary alicyclic amines) is 1. The second-order valence-corrected chi connectivity index (χ2v) is 8.17. The molecule has 0 bridgehead atoms. The van der Waals surface area contributed by atoms with Gasteiger partial charge in [0, 0.05) is 38.5 Å². The lowest BCUT2D eigenvalue weighted by atomic mass is 9.81. The van der Waals surface area contributed by atoms with E-state index in [1.165, 1.54) is 0 Å². The number of nitrogens with one attached hydrogen (secondary N) is 2. The monoisotopic (exact) mass is 397 g/mol. The molecule has 2 N–H and O–H groups in total. The number of hydrogen-bond acceptors (Lipinski definition) is 4. The van der Waals surface area contributed by atoms with Gasteiger partial charge in [-0.05, 0) is 30.5 Å². The summed E-state index contributed by atoms with van der Waals surface area (Å²) in [6.07, 6.45) is 1.36. The van der Waals surface area contributed by atoms with Crippen LogP contribution in [0.2, 0.25) is 10.0 Å². The van der Waals surface area contributed by atoms with Crippen LogP contribution in [-0.4, -0.2) is 56.1 Å². The summed E-state index contributed by atoms with van der Waals surface area (Å²) in [5.41, 5.74) is 0.812. The van der Waals surface area contributed by atoms with Crippen LogP contribution in [0.4, 0.5) is 5.69 Å². The Morgan fingerprint density at radius 2 is 2.15 bits per heavy atom. The lowest BCUT2D eigenvalue weighted by Gasteiger charge is -2.24. The van der Waals surface area contributed by atoms with Crippen LogP contribution in [0, 0.1) is 5.92 Å². The van der Waals surface area contributed by atoms with Crippen molar-refractivity contribution in [2.45, 2.75) is 24.3 Å². The summed E-state index contributed by atoms with van der Waals surface area (Å²) in [5.74, 6) is -0.0414. The van der Waals surface area contributed by atoms with Crippen molar-refractivity contribution in [1.82, 2.24) is 10.2 Å². The maximum Gasteiger partial charge on any atom is 0.237 e. The molecule has 2 saturated heterocycles. The molecule has 140 valence electrons. The Kier molecular flexibility index (Phi) is 4.63. The maximum absolute atomic E-state index is 12.9. The molecule has 8 heteroatoms. The molecule has 0 unspecified atom stereocenters. The lowest BCUT2D eigenvalue weighted by Crippen LogP contribution is -2.41. The average Bonchev–Trinajstić information content (AvgIpc) is 3.30. The van der Waals surface area contributed by atoms with Crippen molar-refractivity contribution < 1.29 is 14.3 Å². The highest BCUT2D eigenvalue weighted by Gasteiger charge is 2.53. The molecule has 0 radical (unpaired) electrons. The van der Waals surface area contributed by atoms with E-state index in [1.54, 1.807) is 19.2 Å². The van der Waals surface area contributed by atoms with Gasteiger partial charge in [-0.3, -0.25) is 9.59 Å². The standard InChI is InChI=1S/C18H21Cl2N3O3/c1-26-8-11-4-10(7-21-11)16(24)23-3-2-18(9-23)12-5-13(19)14(20)6-15(12)22-17(18)25/h5-6,10-11,21H,2-4,7-9H2,1H3,(H,22,25)/t10-,11+,18+/m0/s1. The minimum atomic E-state index is -0.725. The normalized spacial score (nSPS) is 30.1. The first-order valence-electron chi connectivity index (χ1n) is 8.76. The number of amides is 2. The summed E-state index contributed by atoms with van der Waals surface area (Å²) in [7, 11) is 1.66. The van der Waals surface area contributed by atoms with Crippen LogP contribution in [0.15, 0.2) is 12.1 Å². The Morgan fingerprint density at radius 1 is 1.38 bits per heavy atom. The summed E-state index contributed by atoms with van der Waals surface area (Å²) in [6.45, 7) is 2.20. The van der Waals surface area contributed by atoms with E-state index in [4.69, 9.17) is 27.9 Å². The van der Waals surface area contributed by atoms with Crippen LogP contribution in [0.1, 0.15) is 18.4 Å². The van der Waals surface area contributed by atoms with Crippen molar-refractivity contribution in [1.29, 1.82) is 0 Å². The van der Waals surface area contributed by atoms with Crippen LogP contribution >= 0.6 is 23.2 Å². The number of benzene rings is 1. The van der Waals surface area contributed by atoms with Gasteiger partial charge >= 0.3 is 0 Å². The first-order valence-corrected chi connectivity index (χ1v) is 9.52. The van der Waals surface area contributed by atoms with Crippen molar-refractivity contribution in [2.75, 3.05) is 38.7 Å². The molecule has 26 heavy (non-hydrogen) atoms. The predicted molar refractivity (Wildman–Crippen MR) is 99.7 cm³/mol. The van der Waals surface area contributed by atoms with Gasteiger partial charge in [0.05, 0.1) is 28.0 Å². The minimum absolute atomic E-state index is 0.0666. The van der Waals surface area contributed by atoms with E-state index in [-0.39, 0.29) is 23.8 Å². The molecule has 0 saturated carbocycles. The van der Waals surface area contributed by atoms with Crippen LogP contribution in [-0.2, 0) is 19.7 Å². The van der Waals surface area contributed by atoms with Crippen molar-refractivity contribution in [3.05, 3.63) is 27.7 Å². The predicted octanol–water partition coefficient (Wildman–Crippen LogP) is 2.04. The number of nitrogens with zero attached hydrogens (tertiary/aromatic N) is 1. The highest BCUT2D eigenvalue weighted by molar-refractivity contribution is 6.42. The van der Waals surface area contributed by atoms with Crippen molar-refractivity contribution in [3.63, 3.8) is 0 Å². The van der Waals surface area contributed by atoms with Gasteiger partial charge in [-0.15, -0.1) is 0 Å². The largest absolute Gasteiger partial charge is 0.383 e. The van der Waals surface area contributed by atoms with Gasteiger partial charge in [-0.2, -0.15) is 0 Å². The number of anilines is 1. The molecule has 3 atom stereocenters. The highest BCUT2D eigenvalue weighted by Crippen LogP contribution is 2.47. The fraction of sp³-hybridized carbons (Fsp3) is 0.556. The van der Waals surface area contributed by atoms with E-state index in [2.05, 4.69) is 10.6 Å². The Balaban J connectivity index is 1.53. The third-order valence-corrected chi connectivity index (χ3v) is 6.50. The number of ether oxygens (including phenoxy) is 1. The second-order valence-electron chi connectivity index (χ2n) is 7.35. The van der Waals surface area contributed by atoms with E-state index >= 15 is 0 Å². The minimum Gasteiger partial charge on any atom is -0.383 e. The topological polar surface area (TPSA) is 70.7 Å². The van der Waals surface area contributed by atoms with Gasteiger partial charge in [0.15, 0.2) is 0 Å². The molecule has 2 fully saturated rings. The van der Waals surface area contributed by atoms with Crippen molar-refractivity contribution in [3.8, 4) is 0 Å². The smallest absolute Gasteiger partial charge is 0.237 e. The molecule has 3 aliphatic rings. The Bertz CT molecular complexity index is 772. The van der Waals surface area contributed by atoms with E-state index in [9.17, 15) is 9.59 Å². The molecule has 3 aliphatic heterocycles. The molecular weight excluding hydrogens is 377 g/mol. The number of carbonyl (C=O) groups is 2. The maximum atomic E-state index is 12.9. The molecule has 1 aromatic rings. The molecule has 0 aromatic heterocycles. The quantitative estimate of drug-likeness (QED) is 0.818. The first-order chi connectivity index (χ1) is 12.4. The number of rotatable bonds is 3. The number of carbonyl (C=O) groups excluding carboxylic acids is 2. The van der Waals surface area contributed by atoms with Gasteiger partial charge in [-0.1, -0.05) is 23.2 Å². The summed E-state index contributed by atoms with van der Waals surface area (Å²) < 4.78 is 5.17. The third kappa shape index (κ3) is 2.80. The van der Waals surface area contributed by atoms with Crippen LogP contribution in [0.25, 0.3) is 0 Å². The molecule has 1 aromatic carbocycles. The number of fused-ring (bicyclic) bond motifs is 2. The first kappa shape index (κ1) is 18.0. The molecule has 2 amide bonds. The Labute approximate surface area is 162 Å². The second kappa shape index (κ2) is 6.68. The summed E-state index contributed by atoms with van der Waals surface area (Å²) in [4.78, 5) is 27.5. The zero-order valence-corrected chi connectivity index (χ0v) is 16.0. The summed E-state index contributed by atoms with van der Waals surface area (Å²) in [5, 5.41) is 7.07. The highest BCUT2D eigenvalue weighted by atomic mass is 35.5. The molecule has 0 aliphatic carbocycles. The van der Waals surface area contributed by atoms with Crippen LogP contribution < -0.4 is 10.6 Å². The molecule has 3 heterocycles. The van der Waals surface area contributed by atoms with E-state index in [1.807, 2.05) is 4.90 Å². The van der Waals surface area contributed by atoms with Crippen LogP contribution in [0.5, 0.6) is 0 Å². The van der Waals surface area contributed by atoms with Crippen molar-refractivity contribution >= 4 is 40.7 Å². The lowest BCUT2D eigenvalue weighted by molar-refractivity contribution is -0.134. The number of hydrogen-bond donors (Lipinski definition) is 2. The molecule has 1 spiro atoms. The third-order valence-electron chi connectivity index (χ3n) is 5.78. The van der Waals surface area contributed by atoms with E-state index in [0.29, 0.717) is 48.4 Å². The van der Waals surface area contributed by atoms with E-state index in [0.717, 1.165) is 12.0 Å². The van der Waals surface area contributed by atoms with Gasteiger partial charge in [-0.25, -0.2) is 0 Å². The summed E-state index contributed by atoms with van der Waals surface area (Å²) in [6, 6.07) is 3.66. The fourth-order valence-electron chi connectivity index (χ4n) is 4.41. The van der Waals surface area contributed by atoms with Gasteiger partial charge in [0.1, 0.15) is 0 Å². The summed E-state index contributed by atoms with van der Waals surface area (Å²) >= 11 is 12.3. The van der Waals surface area contributed by atoms with Gasteiger partial charge in [0.25, 0.3) is 0 Å². The van der Waals surface area contributed by atoms with E-state index < -0.39 is 5.41 Å². The molecular formula is C18H21Cl2N3O3. The Hall–Kier alpha value is -1.34. The van der Waals surface area contributed by atoms with Gasteiger partial charge in [0.2, 0.25) is 11.8 Å². The number of halogens is 2. The zero-order valence-electron chi connectivity index (χ0n) is 14.5. The van der Waals surface area contributed by atoms with Crippen molar-refractivity contribution in [2.24, 2.45) is 5.92 Å². The zero-order chi connectivity index (χ0) is 18.5. The van der Waals surface area contributed by atoms with Gasteiger partial charge < -0.3 is 20.3 Å². The average molecular weight is 398 g/mol. The fourth-order valence-corrected chi connectivity index (χ4v) is 4.73. The Morgan fingerprint density at radius 3 is 2.92 bits per heavy atom. The molecule has 6 nitrogen and oxygen atoms in total. The number of methoxy groups -OCH3 is 1. The van der Waals surface area contributed by atoms with Crippen LogP contribution in [0.3, 0.4) is 0 Å². The molecule has 4 rings (SSSR count). The SMILES string of the molecule is COC[C@H]1C[C@H](C(=O)N2CC[C@]3(C2)C(=O)Nc2cc(Cl)c(Cl)cc23)CN1.